The van der Waals surface area contributed by atoms with Crippen LogP contribution in [0.1, 0.15) is 26.3 Å². The summed E-state index contributed by atoms with van der Waals surface area (Å²) in [5.41, 5.74) is 12.2. The zero-order valence-corrected chi connectivity index (χ0v) is 27.7. The standard InChI is InChI=1S/C44H36N2S/c1-44(2,3)34-23-28-40-39(29-34)43-41(46(40)36-17-11-6-12-18-36)30-42(47-43)33-21-26-38(27-22-33)45(35-15-9-5-10-16-35)37-24-19-32(20-25-37)31-13-7-4-8-14-31/h4-30H,1-3H3. The molecule has 0 radical (unpaired) electrons. The van der Waals surface area contributed by atoms with Crippen LogP contribution in [0.4, 0.5) is 17.1 Å². The quantitative estimate of drug-likeness (QED) is 0.179. The van der Waals surface area contributed by atoms with E-state index in [0.717, 1.165) is 17.1 Å². The van der Waals surface area contributed by atoms with Crippen LogP contribution in [0.15, 0.2) is 164 Å². The number of rotatable bonds is 6. The molecule has 0 aliphatic rings. The van der Waals surface area contributed by atoms with Gasteiger partial charge in [-0.2, -0.15) is 0 Å². The molecule has 0 unspecified atom stereocenters. The van der Waals surface area contributed by atoms with Gasteiger partial charge in [-0.3, -0.25) is 0 Å². The Bertz CT molecular complexity index is 2290. The van der Waals surface area contributed by atoms with Crippen LogP contribution in [0.25, 0.3) is 48.4 Å². The predicted molar refractivity (Wildman–Crippen MR) is 203 cm³/mol. The number of fused-ring (bicyclic) bond motifs is 3. The highest BCUT2D eigenvalue weighted by Gasteiger charge is 2.20. The van der Waals surface area contributed by atoms with E-state index in [1.54, 1.807) is 0 Å². The molecule has 0 aliphatic carbocycles. The van der Waals surface area contributed by atoms with Crippen molar-refractivity contribution in [2.75, 3.05) is 4.90 Å². The van der Waals surface area contributed by atoms with E-state index >= 15 is 0 Å². The van der Waals surface area contributed by atoms with E-state index in [2.05, 4.69) is 194 Å². The molecule has 2 nitrogen and oxygen atoms in total. The number of anilines is 3. The fraction of sp³-hybridized carbons (Fsp3) is 0.0909. The Morgan fingerprint density at radius 2 is 1.02 bits per heavy atom. The topological polar surface area (TPSA) is 8.17 Å². The molecule has 0 amide bonds. The van der Waals surface area contributed by atoms with Crippen LogP contribution in [-0.2, 0) is 5.41 Å². The first-order chi connectivity index (χ1) is 22.9. The highest BCUT2D eigenvalue weighted by molar-refractivity contribution is 7.23. The Morgan fingerprint density at radius 1 is 0.489 bits per heavy atom. The van der Waals surface area contributed by atoms with Crippen molar-refractivity contribution < 1.29 is 0 Å². The Hall–Kier alpha value is -5.38. The summed E-state index contributed by atoms with van der Waals surface area (Å²) in [6.07, 6.45) is 0. The number of aromatic nitrogens is 1. The third-order valence-corrected chi connectivity index (χ3v) is 10.2. The fourth-order valence-electron chi connectivity index (χ4n) is 6.48. The van der Waals surface area contributed by atoms with Gasteiger partial charge in [0.05, 0.1) is 15.7 Å². The molecule has 2 heterocycles. The van der Waals surface area contributed by atoms with Crippen molar-refractivity contribution in [3.8, 4) is 27.3 Å². The summed E-state index contributed by atoms with van der Waals surface area (Å²) in [6, 6.07) is 59.1. The number of hydrogen-bond acceptors (Lipinski definition) is 2. The molecule has 0 aliphatic heterocycles. The van der Waals surface area contributed by atoms with Crippen LogP contribution in [-0.4, -0.2) is 4.57 Å². The third kappa shape index (κ3) is 5.43. The monoisotopic (exact) mass is 624 g/mol. The summed E-state index contributed by atoms with van der Waals surface area (Å²) in [5.74, 6) is 0. The molecular formula is C44H36N2S. The summed E-state index contributed by atoms with van der Waals surface area (Å²) in [5, 5.41) is 1.32. The molecule has 3 heteroatoms. The highest BCUT2D eigenvalue weighted by Crippen LogP contribution is 2.43. The number of hydrogen-bond donors (Lipinski definition) is 0. The van der Waals surface area contributed by atoms with Crippen molar-refractivity contribution in [2.45, 2.75) is 26.2 Å². The molecule has 0 saturated heterocycles. The fourth-order valence-corrected chi connectivity index (χ4v) is 7.65. The van der Waals surface area contributed by atoms with Crippen LogP contribution in [0.2, 0.25) is 0 Å². The summed E-state index contributed by atoms with van der Waals surface area (Å²) < 4.78 is 3.75. The first-order valence-corrected chi connectivity index (χ1v) is 17.0. The molecule has 2 aromatic heterocycles. The van der Waals surface area contributed by atoms with Gasteiger partial charge in [-0.05, 0) is 94.4 Å². The van der Waals surface area contributed by atoms with Crippen molar-refractivity contribution >= 4 is 49.5 Å². The SMILES string of the molecule is CC(C)(C)c1ccc2c(c1)c1sc(-c3ccc(N(c4ccccc4)c4ccc(-c5ccccc5)cc4)cc3)cc1n2-c1ccccc1. The van der Waals surface area contributed by atoms with Crippen molar-refractivity contribution in [3.63, 3.8) is 0 Å². The van der Waals surface area contributed by atoms with Gasteiger partial charge < -0.3 is 9.47 Å². The Labute approximate surface area is 280 Å². The van der Waals surface area contributed by atoms with Gasteiger partial charge in [-0.1, -0.05) is 118 Å². The van der Waals surface area contributed by atoms with E-state index < -0.39 is 0 Å². The second-order valence-electron chi connectivity index (χ2n) is 13.1. The van der Waals surface area contributed by atoms with E-state index in [4.69, 9.17) is 0 Å². The van der Waals surface area contributed by atoms with Crippen LogP contribution in [0.3, 0.4) is 0 Å². The first kappa shape index (κ1) is 29.1. The lowest BCUT2D eigenvalue weighted by atomic mass is 9.86. The van der Waals surface area contributed by atoms with Gasteiger partial charge in [-0.15, -0.1) is 11.3 Å². The van der Waals surface area contributed by atoms with Crippen LogP contribution >= 0.6 is 11.3 Å². The van der Waals surface area contributed by atoms with E-state index in [-0.39, 0.29) is 5.41 Å². The Kier molecular flexibility index (Phi) is 7.27. The molecule has 0 N–H and O–H groups in total. The van der Waals surface area contributed by atoms with Gasteiger partial charge in [-0.25, -0.2) is 0 Å². The predicted octanol–water partition coefficient (Wildman–Crippen LogP) is 12.9. The Balaban J connectivity index is 1.20. The van der Waals surface area contributed by atoms with Gasteiger partial charge >= 0.3 is 0 Å². The molecule has 47 heavy (non-hydrogen) atoms. The minimum absolute atomic E-state index is 0.0811. The Morgan fingerprint density at radius 3 is 1.64 bits per heavy atom. The maximum absolute atomic E-state index is 2.42. The second kappa shape index (κ2) is 11.8. The molecule has 6 aromatic carbocycles. The first-order valence-electron chi connectivity index (χ1n) is 16.2. The van der Waals surface area contributed by atoms with Gasteiger partial charge in [0.2, 0.25) is 0 Å². The molecule has 0 spiro atoms. The maximum atomic E-state index is 2.42. The van der Waals surface area contributed by atoms with Crippen molar-refractivity contribution in [3.05, 3.63) is 169 Å². The zero-order valence-electron chi connectivity index (χ0n) is 26.9. The molecule has 0 fully saturated rings. The summed E-state index contributed by atoms with van der Waals surface area (Å²) >= 11 is 1.89. The average Bonchev–Trinajstić information content (AvgIpc) is 3.67. The van der Waals surface area contributed by atoms with Crippen molar-refractivity contribution in [1.82, 2.24) is 4.57 Å². The molecule has 0 atom stereocenters. The average molecular weight is 625 g/mol. The number of para-hydroxylation sites is 2. The molecule has 8 aromatic rings. The van der Waals surface area contributed by atoms with Gasteiger partial charge in [0, 0.05) is 33.0 Å². The van der Waals surface area contributed by atoms with Crippen molar-refractivity contribution in [1.29, 1.82) is 0 Å². The minimum atomic E-state index is 0.0811. The third-order valence-electron chi connectivity index (χ3n) is 8.97. The van der Waals surface area contributed by atoms with E-state index in [9.17, 15) is 0 Å². The van der Waals surface area contributed by atoms with E-state index in [1.165, 1.54) is 53.9 Å². The number of thiophene rings is 1. The largest absolute Gasteiger partial charge is 0.311 e. The molecule has 0 saturated carbocycles. The second-order valence-corrected chi connectivity index (χ2v) is 14.2. The van der Waals surface area contributed by atoms with Crippen LogP contribution in [0.5, 0.6) is 0 Å². The van der Waals surface area contributed by atoms with E-state index in [1.807, 2.05) is 11.3 Å². The zero-order chi connectivity index (χ0) is 32.0. The van der Waals surface area contributed by atoms with Crippen LogP contribution in [0, 0.1) is 0 Å². The van der Waals surface area contributed by atoms with Crippen molar-refractivity contribution in [2.24, 2.45) is 0 Å². The van der Waals surface area contributed by atoms with E-state index in [0.29, 0.717) is 0 Å². The molecule has 0 bridgehead atoms. The summed E-state index contributed by atoms with van der Waals surface area (Å²) in [4.78, 5) is 3.60. The molecule has 228 valence electrons. The van der Waals surface area contributed by atoms with Gasteiger partial charge in [0.25, 0.3) is 0 Å². The minimum Gasteiger partial charge on any atom is -0.311 e. The molecule has 8 rings (SSSR count). The number of nitrogens with zero attached hydrogens (tertiary/aromatic N) is 2. The lowest BCUT2D eigenvalue weighted by Gasteiger charge is -2.25. The highest BCUT2D eigenvalue weighted by atomic mass is 32.1. The summed E-state index contributed by atoms with van der Waals surface area (Å²) in [6.45, 7) is 6.87. The van der Waals surface area contributed by atoms with Gasteiger partial charge in [0.1, 0.15) is 0 Å². The number of benzene rings is 6. The maximum Gasteiger partial charge on any atom is 0.0655 e. The lowest BCUT2D eigenvalue weighted by Crippen LogP contribution is -2.10. The smallest absolute Gasteiger partial charge is 0.0655 e. The lowest BCUT2D eigenvalue weighted by molar-refractivity contribution is 0.591. The molecular weight excluding hydrogens is 589 g/mol. The normalized spacial score (nSPS) is 11.7. The summed E-state index contributed by atoms with van der Waals surface area (Å²) in [7, 11) is 0. The van der Waals surface area contributed by atoms with Crippen LogP contribution < -0.4 is 4.90 Å². The van der Waals surface area contributed by atoms with Gasteiger partial charge in [0.15, 0.2) is 0 Å².